The molecular weight excluding hydrogens is 398 g/mol. The Kier molecular flexibility index (Phi) is 6.76. The van der Waals surface area contributed by atoms with Crippen LogP contribution in [-0.4, -0.2) is 65.5 Å². The van der Waals surface area contributed by atoms with Gasteiger partial charge in [-0.2, -0.15) is 0 Å². The van der Waals surface area contributed by atoms with Crippen LogP contribution in [0.1, 0.15) is 47.7 Å². The molecule has 1 atom stereocenters. The molecule has 0 N–H and O–H groups in total. The van der Waals surface area contributed by atoms with Crippen molar-refractivity contribution in [1.29, 1.82) is 0 Å². The molecule has 0 radical (unpaired) electrons. The van der Waals surface area contributed by atoms with Crippen molar-refractivity contribution >= 4 is 17.4 Å². The predicted octanol–water partition coefficient (Wildman–Crippen LogP) is 4.45. The number of piperidine rings is 1. The molecule has 3 heterocycles. The highest BCUT2D eigenvalue weighted by molar-refractivity contribution is 5.94. The Bertz CT molecular complexity index is 988. The topological polar surface area (TPSA) is 44.0 Å². The number of hydrogen-bond acceptors (Lipinski definition) is 4. The number of aryl methyl sites for hydroxylation is 2. The summed E-state index contributed by atoms with van der Waals surface area (Å²) < 4.78 is 0. The van der Waals surface area contributed by atoms with Gasteiger partial charge in [-0.15, -0.1) is 4.98 Å². The van der Waals surface area contributed by atoms with Crippen molar-refractivity contribution < 1.29 is 4.79 Å². The van der Waals surface area contributed by atoms with Crippen LogP contribution in [0.4, 0.5) is 11.5 Å². The largest absolute Gasteiger partial charge is 0.366 e. The van der Waals surface area contributed by atoms with E-state index in [2.05, 4.69) is 33.5 Å². The molecule has 32 heavy (non-hydrogen) atoms. The third kappa shape index (κ3) is 4.63. The lowest BCUT2D eigenvalue weighted by Crippen LogP contribution is -2.58. The quantitative estimate of drug-likeness (QED) is 0.671. The minimum Gasteiger partial charge on any atom is -0.366 e. The molecule has 6 nitrogen and oxygen atoms in total. The molecule has 0 spiro atoms. The fraction of sp³-hybridized carbons (Fsp3) is 0.500. The van der Waals surface area contributed by atoms with E-state index in [9.17, 15) is 4.79 Å². The molecule has 0 saturated carbocycles. The molecule has 0 aliphatic carbocycles. The van der Waals surface area contributed by atoms with E-state index >= 15 is 0 Å². The molecule has 6 heteroatoms. The molecule has 0 bridgehead atoms. The third-order valence-electron chi connectivity index (χ3n) is 7.04. The van der Waals surface area contributed by atoms with Crippen molar-refractivity contribution in [2.24, 2.45) is 0 Å². The van der Waals surface area contributed by atoms with E-state index in [0.29, 0.717) is 17.9 Å². The Labute approximate surface area is 191 Å². The first-order chi connectivity index (χ1) is 15.5. The summed E-state index contributed by atoms with van der Waals surface area (Å²) in [6, 6.07) is 10.8. The van der Waals surface area contributed by atoms with E-state index in [0.717, 1.165) is 68.8 Å². The van der Waals surface area contributed by atoms with Crippen molar-refractivity contribution in [3.63, 3.8) is 0 Å². The number of hydrogen-bond donors (Lipinski definition) is 0. The van der Waals surface area contributed by atoms with Gasteiger partial charge < -0.3 is 14.6 Å². The average molecular weight is 432 g/mol. The molecule has 2 aliphatic heterocycles. The van der Waals surface area contributed by atoms with Crippen LogP contribution in [0.2, 0.25) is 0 Å². The van der Waals surface area contributed by atoms with Crippen molar-refractivity contribution in [2.45, 2.75) is 52.1 Å². The van der Waals surface area contributed by atoms with Gasteiger partial charge in [0.15, 0.2) is 0 Å². The Balaban J connectivity index is 1.36. The highest BCUT2D eigenvalue weighted by Crippen LogP contribution is 2.29. The predicted molar refractivity (Wildman–Crippen MR) is 128 cm³/mol. The van der Waals surface area contributed by atoms with Gasteiger partial charge in [-0.25, -0.2) is 0 Å². The molecule has 2 aliphatic rings. The number of carbonyl (C=O) groups is 1. The van der Waals surface area contributed by atoms with Gasteiger partial charge in [0.05, 0.1) is 5.69 Å². The van der Waals surface area contributed by atoms with E-state index in [-0.39, 0.29) is 5.91 Å². The fourth-order valence-electron chi connectivity index (χ4n) is 5.14. The number of aromatic nitrogens is 1. The summed E-state index contributed by atoms with van der Waals surface area (Å²) in [5.74, 6) is 0.620. The van der Waals surface area contributed by atoms with E-state index in [4.69, 9.17) is 6.57 Å². The normalized spacial score (nSPS) is 20.2. The standard InChI is InChI=1S/C26H33N5O/c1-5-22-18-30(24-17-28-25(27-4)16-20(24)3)14-15-31(22)23-10-12-29(13-11-23)26(32)21-8-6-19(2)7-9-21/h6-9,16-17,22-23H,5,10-15,18H2,1-3H3/t22-/m0/s1. The summed E-state index contributed by atoms with van der Waals surface area (Å²) in [6.45, 7) is 18.2. The number of carbonyl (C=O) groups excluding carboxylic acids is 1. The smallest absolute Gasteiger partial charge is 0.269 e. The summed E-state index contributed by atoms with van der Waals surface area (Å²) in [4.78, 5) is 27.8. The van der Waals surface area contributed by atoms with Crippen LogP contribution in [-0.2, 0) is 0 Å². The van der Waals surface area contributed by atoms with Crippen molar-refractivity contribution in [3.8, 4) is 0 Å². The van der Waals surface area contributed by atoms with Crippen LogP contribution >= 0.6 is 0 Å². The second-order valence-corrected chi connectivity index (χ2v) is 9.08. The Morgan fingerprint density at radius 2 is 1.84 bits per heavy atom. The van der Waals surface area contributed by atoms with E-state index < -0.39 is 0 Å². The van der Waals surface area contributed by atoms with Crippen LogP contribution in [0.5, 0.6) is 0 Å². The summed E-state index contributed by atoms with van der Waals surface area (Å²) in [6.07, 6.45) is 5.04. The van der Waals surface area contributed by atoms with Gasteiger partial charge in [-0.05, 0) is 56.9 Å². The summed E-state index contributed by atoms with van der Waals surface area (Å²) in [5.41, 5.74) is 4.24. The monoisotopic (exact) mass is 431 g/mol. The number of benzene rings is 1. The Morgan fingerprint density at radius 1 is 1.12 bits per heavy atom. The zero-order valence-corrected chi connectivity index (χ0v) is 19.4. The molecule has 0 unspecified atom stereocenters. The first-order valence-corrected chi connectivity index (χ1v) is 11.7. The van der Waals surface area contributed by atoms with Crippen LogP contribution < -0.4 is 4.90 Å². The maximum absolute atomic E-state index is 12.9. The number of nitrogens with zero attached hydrogens (tertiary/aromatic N) is 5. The maximum atomic E-state index is 12.9. The second kappa shape index (κ2) is 9.70. The Hall–Kier alpha value is -2.91. The number of pyridine rings is 1. The highest BCUT2D eigenvalue weighted by atomic mass is 16.2. The molecule has 2 saturated heterocycles. The molecule has 2 aromatic rings. The van der Waals surface area contributed by atoms with Gasteiger partial charge in [0.2, 0.25) is 0 Å². The van der Waals surface area contributed by atoms with Gasteiger partial charge in [-0.3, -0.25) is 9.69 Å². The number of anilines is 1. The van der Waals surface area contributed by atoms with Crippen LogP contribution in [0.15, 0.2) is 36.5 Å². The van der Waals surface area contributed by atoms with E-state index in [1.165, 1.54) is 5.56 Å². The van der Waals surface area contributed by atoms with Crippen LogP contribution in [0.25, 0.3) is 4.85 Å². The van der Waals surface area contributed by atoms with Crippen LogP contribution in [0, 0.1) is 20.4 Å². The van der Waals surface area contributed by atoms with Crippen molar-refractivity contribution in [1.82, 2.24) is 14.8 Å². The summed E-state index contributed by atoms with van der Waals surface area (Å²) in [5, 5.41) is 0. The lowest BCUT2D eigenvalue weighted by atomic mass is 9.97. The first-order valence-electron chi connectivity index (χ1n) is 11.7. The maximum Gasteiger partial charge on any atom is 0.269 e. The molecule has 2 fully saturated rings. The average Bonchev–Trinajstić information content (AvgIpc) is 2.83. The summed E-state index contributed by atoms with van der Waals surface area (Å²) in [7, 11) is 0. The second-order valence-electron chi connectivity index (χ2n) is 9.08. The Morgan fingerprint density at radius 3 is 2.47 bits per heavy atom. The first kappa shape index (κ1) is 22.3. The minimum atomic E-state index is 0.158. The SMILES string of the molecule is [C-]#[N+]c1cc(C)c(N2CCN(C3CCN(C(=O)c4ccc(C)cc4)CC3)[C@@H](CC)C2)cn1. The number of piperazine rings is 1. The fourth-order valence-corrected chi connectivity index (χ4v) is 5.14. The number of likely N-dealkylation sites (tertiary alicyclic amines) is 1. The van der Waals surface area contributed by atoms with E-state index in [1.807, 2.05) is 48.4 Å². The lowest BCUT2D eigenvalue weighted by molar-refractivity contribution is 0.0491. The highest BCUT2D eigenvalue weighted by Gasteiger charge is 2.34. The van der Waals surface area contributed by atoms with Gasteiger partial charge in [0.25, 0.3) is 11.7 Å². The molecule has 1 amide bonds. The molecule has 1 aromatic carbocycles. The van der Waals surface area contributed by atoms with E-state index in [1.54, 1.807) is 0 Å². The zero-order valence-electron chi connectivity index (χ0n) is 19.4. The molecule has 168 valence electrons. The van der Waals surface area contributed by atoms with Gasteiger partial charge >= 0.3 is 0 Å². The van der Waals surface area contributed by atoms with Crippen molar-refractivity contribution in [3.05, 3.63) is 64.6 Å². The minimum absolute atomic E-state index is 0.158. The lowest BCUT2D eigenvalue weighted by Gasteiger charge is -2.48. The van der Waals surface area contributed by atoms with Gasteiger partial charge in [0.1, 0.15) is 6.20 Å². The number of rotatable bonds is 4. The molecule has 1 aromatic heterocycles. The van der Waals surface area contributed by atoms with Crippen molar-refractivity contribution in [2.75, 3.05) is 37.6 Å². The van der Waals surface area contributed by atoms with Gasteiger partial charge in [-0.1, -0.05) is 31.2 Å². The summed E-state index contributed by atoms with van der Waals surface area (Å²) >= 11 is 0. The van der Waals surface area contributed by atoms with Crippen LogP contribution in [0.3, 0.4) is 0 Å². The van der Waals surface area contributed by atoms with Gasteiger partial charge in [0, 0.05) is 50.4 Å². The third-order valence-corrected chi connectivity index (χ3v) is 7.04. The zero-order chi connectivity index (χ0) is 22.7. The number of amides is 1. The molecule has 4 rings (SSSR count). The molecular formula is C26H33N5O.